The lowest BCUT2D eigenvalue weighted by molar-refractivity contribution is 0.132. The molecule has 0 spiro atoms. The number of rotatable bonds is 5. The van der Waals surface area contributed by atoms with Crippen LogP contribution in [0.5, 0.6) is 0 Å². The zero-order valence-electron chi connectivity index (χ0n) is 18.0. The van der Waals surface area contributed by atoms with Crippen molar-refractivity contribution in [3.8, 4) is 0 Å². The molecule has 1 fully saturated rings. The third-order valence-electron chi connectivity index (χ3n) is 6.09. The van der Waals surface area contributed by atoms with Crippen LogP contribution in [-0.4, -0.2) is 53.3 Å². The molecule has 0 saturated carbocycles. The Hall–Kier alpha value is -2.28. The standard InChI is InChI=1S/C25H28N4S2/c1-18-15-22-24(23-19(7-6-11-26-23)16-27-25(22)31-18)29-13-12-28(2)20(17-29)10-14-30-21-8-4-3-5-9-21/h3-9,11,15-16,20,27H,10,12-14,17H2,1-2H3. The zero-order chi connectivity index (χ0) is 21.2. The molecule has 1 aromatic carbocycles. The number of likely N-dealkylation sites (N-methyl/N-ethyl adjacent to an activating group) is 1. The summed E-state index contributed by atoms with van der Waals surface area (Å²) in [6.45, 7) is 5.32. The van der Waals surface area contributed by atoms with E-state index < -0.39 is 0 Å². The highest BCUT2D eigenvalue weighted by Gasteiger charge is 2.28. The van der Waals surface area contributed by atoms with Gasteiger partial charge in [-0.1, -0.05) is 18.2 Å². The Morgan fingerprint density at radius 2 is 2.03 bits per heavy atom. The van der Waals surface area contributed by atoms with E-state index in [0.717, 1.165) is 36.0 Å². The zero-order valence-corrected chi connectivity index (χ0v) is 19.7. The van der Waals surface area contributed by atoms with Crippen LogP contribution in [0.1, 0.15) is 16.9 Å². The molecule has 6 heteroatoms. The molecule has 5 rings (SSSR count). The second-order valence-electron chi connectivity index (χ2n) is 8.21. The Kier molecular flexibility index (Phi) is 6.03. The number of nitrogens with zero attached hydrogens (tertiary/aromatic N) is 3. The van der Waals surface area contributed by atoms with Crippen LogP contribution in [0.3, 0.4) is 0 Å². The first kappa shape index (κ1) is 20.6. The van der Waals surface area contributed by atoms with Crippen LogP contribution >= 0.6 is 23.1 Å². The molecule has 1 N–H and O–H groups in total. The Balaban J connectivity index is 1.42. The molecule has 0 radical (unpaired) electrons. The average molecular weight is 449 g/mol. The second kappa shape index (κ2) is 9.07. The number of aromatic nitrogens is 1. The number of benzene rings is 1. The van der Waals surface area contributed by atoms with Crippen molar-refractivity contribution < 1.29 is 0 Å². The SMILES string of the molecule is Cc1cc2c(s1)NC=c1cccnc1=C2N1CCN(C)C(CCSc2ccccc2)C1. The third kappa shape index (κ3) is 4.38. The van der Waals surface area contributed by atoms with Crippen LogP contribution in [0.25, 0.3) is 11.9 Å². The predicted molar refractivity (Wildman–Crippen MR) is 133 cm³/mol. The highest BCUT2D eigenvalue weighted by Crippen LogP contribution is 2.35. The smallest absolute Gasteiger partial charge is 0.102 e. The molecular formula is C25H28N4S2. The molecule has 2 aromatic heterocycles. The maximum Gasteiger partial charge on any atom is 0.102 e. The van der Waals surface area contributed by atoms with Crippen LogP contribution in [0.15, 0.2) is 59.6 Å². The van der Waals surface area contributed by atoms with Gasteiger partial charge in [0.05, 0.1) is 11.0 Å². The summed E-state index contributed by atoms with van der Waals surface area (Å²) in [4.78, 5) is 12.6. The lowest BCUT2D eigenvalue weighted by Gasteiger charge is -2.41. The number of fused-ring (bicyclic) bond motifs is 2. The first-order chi connectivity index (χ1) is 15.2. The van der Waals surface area contributed by atoms with Crippen molar-refractivity contribution in [3.63, 3.8) is 0 Å². The summed E-state index contributed by atoms with van der Waals surface area (Å²) in [7, 11) is 2.27. The third-order valence-corrected chi connectivity index (χ3v) is 8.12. The number of aryl methyl sites for hydroxylation is 1. The van der Waals surface area contributed by atoms with Crippen molar-refractivity contribution in [1.29, 1.82) is 0 Å². The summed E-state index contributed by atoms with van der Waals surface area (Å²) in [5.74, 6) is 1.13. The molecule has 160 valence electrons. The van der Waals surface area contributed by atoms with Gasteiger partial charge in [-0.25, -0.2) is 0 Å². The van der Waals surface area contributed by atoms with Crippen molar-refractivity contribution >= 4 is 40.0 Å². The van der Waals surface area contributed by atoms with Crippen molar-refractivity contribution in [3.05, 3.63) is 75.7 Å². The van der Waals surface area contributed by atoms with Crippen molar-refractivity contribution in [2.75, 3.05) is 37.8 Å². The summed E-state index contributed by atoms with van der Waals surface area (Å²) in [6, 6.07) is 17.8. The summed E-state index contributed by atoms with van der Waals surface area (Å²) in [6.07, 6.45) is 5.20. The lowest BCUT2D eigenvalue weighted by Crippen LogP contribution is -2.52. The summed E-state index contributed by atoms with van der Waals surface area (Å²) in [5, 5.41) is 7.01. The molecule has 1 atom stereocenters. The van der Waals surface area contributed by atoms with Gasteiger partial charge in [0.15, 0.2) is 0 Å². The fourth-order valence-electron chi connectivity index (χ4n) is 4.41. The Labute approximate surface area is 192 Å². The van der Waals surface area contributed by atoms with E-state index >= 15 is 0 Å². The quantitative estimate of drug-likeness (QED) is 0.603. The van der Waals surface area contributed by atoms with Crippen LogP contribution in [0, 0.1) is 6.92 Å². The van der Waals surface area contributed by atoms with Gasteiger partial charge in [0.2, 0.25) is 0 Å². The van der Waals surface area contributed by atoms with Gasteiger partial charge < -0.3 is 10.2 Å². The predicted octanol–water partition coefficient (Wildman–Crippen LogP) is 3.57. The topological polar surface area (TPSA) is 31.4 Å². The van der Waals surface area contributed by atoms with E-state index in [1.165, 1.54) is 32.5 Å². The van der Waals surface area contributed by atoms with E-state index in [1.807, 2.05) is 35.4 Å². The van der Waals surface area contributed by atoms with Gasteiger partial charge in [0.1, 0.15) is 5.00 Å². The Morgan fingerprint density at radius 1 is 1.16 bits per heavy atom. The van der Waals surface area contributed by atoms with Crippen molar-refractivity contribution in [1.82, 2.24) is 14.8 Å². The van der Waals surface area contributed by atoms with E-state index in [1.54, 1.807) is 0 Å². The number of anilines is 1. The van der Waals surface area contributed by atoms with Crippen LogP contribution < -0.4 is 15.9 Å². The number of piperazine rings is 1. The van der Waals surface area contributed by atoms with E-state index in [-0.39, 0.29) is 0 Å². The molecule has 0 amide bonds. The minimum atomic E-state index is 0.535. The lowest BCUT2D eigenvalue weighted by atomic mass is 10.1. The fraction of sp³-hybridized carbons (Fsp3) is 0.320. The van der Waals surface area contributed by atoms with Crippen molar-refractivity contribution in [2.24, 2.45) is 0 Å². The molecule has 31 heavy (non-hydrogen) atoms. The fourth-order valence-corrected chi connectivity index (χ4v) is 6.27. The maximum absolute atomic E-state index is 4.83. The minimum Gasteiger partial charge on any atom is -0.366 e. The van der Waals surface area contributed by atoms with Crippen LogP contribution in [0.2, 0.25) is 0 Å². The summed E-state index contributed by atoms with van der Waals surface area (Å²) >= 11 is 3.78. The number of thioether (sulfide) groups is 1. The van der Waals surface area contributed by atoms with Gasteiger partial charge in [-0.2, -0.15) is 0 Å². The molecule has 0 bridgehead atoms. The van der Waals surface area contributed by atoms with Crippen LogP contribution in [-0.2, 0) is 0 Å². The van der Waals surface area contributed by atoms with E-state index in [9.17, 15) is 0 Å². The molecule has 2 aliphatic rings. The number of thiophene rings is 1. The minimum absolute atomic E-state index is 0.535. The number of nitrogens with one attached hydrogen (secondary N) is 1. The average Bonchev–Trinajstić information content (AvgIpc) is 3.08. The first-order valence-electron chi connectivity index (χ1n) is 10.8. The maximum atomic E-state index is 4.83. The normalized spacial score (nSPS) is 18.6. The Bertz CT molecular complexity index is 1170. The Morgan fingerprint density at radius 3 is 2.90 bits per heavy atom. The first-order valence-corrected chi connectivity index (χ1v) is 12.6. The highest BCUT2D eigenvalue weighted by molar-refractivity contribution is 7.99. The van der Waals surface area contributed by atoms with Crippen LogP contribution in [0.4, 0.5) is 5.00 Å². The van der Waals surface area contributed by atoms with Gasteiger partial charge >= 0.3 is 0 Å². The molecule has 1 saturated heterocycles. The second-order valence-corrected chi connectivity index (χ2v) is 10.6. The molecule has 0 aliphatic carbocycles. The number of hydrogen-bond donors (Lipinski definition) is 1. The van der Waals surface area contributed by atoms with Gasteiger partial charge in [-0.3, -0.25) is 9.88 Å². The summed E-state index contributed by atoms with van der Waals surface area (Å²) in [5.41, 5.74) is 2.57. The van der Waals surface area contributed by atoms with E-state index in [4.69, 9.17) is 4.98 Å². The monoisotopic (exact) mass is 448 g/mol. The largest absolute Gasteiger partial charge is 0.366 e. The molecule has 3 aromatic rings. The van der Waals surface area contributed by atoms with Gasteiger partial charge in [0.25, 0.3) is 0 Å². The van der Waals surface area contributed by atoms with Gasteiger partial charge in [-0.15, -0.1) is 23.1 Å². The van der Waals surface area contributed by atoms with Gasteiger partial charge in [-0.05, 0) is 56.5 Å². The molecule has 4 nitrogen and oxygen atoms in total. The van der Waals surface area contributed by atoms with E-state index in [0.29, 0.717) is 6.04 Å². The molecular weight excluding hydrogens is 420 g/mol. The molecule has 2 aliphatic heterocycles. The van der Waals surface area contributed by atoms with Gasteiger partial charge in [0, 0.05) is 58.6 Å². The highest BCUT2D eigenvalue weighted by atomic mass is 32.2. The number of pyridine rings is 1. The summed E-state index contributed by atoms with van der Waals surface area (Å²) < 4.78 is 0. The van der Waals surface area contributed by atoms with E-state index in [2.05, 4.69) is 77.8 Å². The molecule has 1 unspecified atom stereocenters. The molecule has 4 heterocycles. The van der Waals surface area contributed by atoms with Crippen molar-refractivity contribution in [2.45, 2.75) is 24.3 Å². The number of hydrogen-bond acceptors (Lipinski definition) is 6.